The van der Waals surface area contributed by atoms with Gasteiger partial charge in [-0.1, -0.05) is 0 Å². The molecular weight excluding hydrogens is 263 g/mol. The van der Waals surface area contributed by atoms with Crippen LogP contribution in [0.25, 0.3) is 11.3 Å². The first-order chi connectivity index (χ1) is 9.56. The number of nitrogen functional groups attached to an aromatic ring is 1. The third-order valence-electron chi connectivity index (χ3n) is 2.79. The highest BCUT2D eigenvalue weighted by Gasteiger charge is 2.14. The van der Waals surface area contributed by atoms with Gasteiger partial charge in [-0.3, -0.25) is 15.0 Å². The van der Waals surface area contributed by atoms with E-state index < -0.39 is 11.5 Å². The molecule has 2 rings (SSSR count). The molecule has 3 N–H and O–H groups in total. The predicted octanol–water partition coefficient (Wildman–Crippen LogP) is 0.673. The van der Waals surface area contributed by atoms with Gasteiger partial charge in [-0.25, -0.2) is 14.9 Å². The van der Waals surface area contributed by atoms with Crippen LogP contribution in [0.3, 0.4) is 0 Å². The average Bonchev–Trinajstić information content (AvgIpc) is 2.47. The quantitative estimate of drug-likeness (QED) is 0.490. The Balaban J connectivity index is 2.62. The van der Waals surface area contributed by atoms with Crippen molar-refractivity contribution in [3.63, 3.8) is 0 Å². The number of carbonyl (C=O) groups excluding carboxylic acids is 1. The minimum Gasteiger partial charge on any atom is -0.290 e. The van der Waals surface area contributed by atoms with E-state index >= 15 is 0 Å². The fourth-order valence-electron chi connectivity index (χ4n) is 1.76. The molecule has 1 aromatic carbocycles. The second-order valence-corrected chi connectivity index (χ2v) is 4.04. The standard InChI is InChI=1S/C13H13FN4O2/c1-2-18-13(20)10(12(19)16-15)7-11(17-18)8-3-5-9(14)6-4-8/h3-7H,2,15H2,1H3,(H,16,19). The Labute approximate surface area is 114 Å². The smallest absolute Gasteiger partial charge is 0.279 e. The Morgan fingerprint density at radius 1 is 1.40 bits per heavy atom. The molecule has 7 heteroatoms. The summed E-state index contributed by atoms with van der Waals surface area (Å²) in [6, 6.07) is 6.94. The largest absolute Gasteiger partial charge is 0.290 e. The summed E-state index contributed by atoms with van der Waals surface area (Å²) in [4.78, 5) is 23.6. The van der Waals surface area contributed by atoms with Crippen molar-refractivity contribution in [2.75, 3.05) is 0 Å². The van der Waals surface area contributed by atoms with Crippen molar-refractivity contribution in [3.8, 4) is 11.3 Å². The molecular formula is C13H13FN4O2. The molecule has 104 valence electrons. The molecule has 1 amide bonds. The van der Waals surface area contributed by atoms with E-state index in [1.807, 2.05) is 5.43 Å². The molecule has 0 fully saturated rings. The van der Waals surface area contributed by atoms with E-state index in [9.17, 15) is 14.0 Å². The highest BCUT2D eigenvalue weighted by atomic mass is 19.1. The number of halogens is 1. The van der Waals surface area contributed by atoms with Crippen LogP contribution >= 0.6 is 0 Å². The van der Waals surface area contributed by atoms with Gasteiger partial charge in [0.15, 0.2) is 0 Å². The number of nitrogens with one attached hydrogen (secondary N) is 1. The minimum absolute atomic E-state index is 0.108. The van der Waals surface area contributed by atoms with Crippen LogP contribution < -0.4 is 16.8 Å². The first kappa shape index (κ1) is 13.9. The molecule has 6 nitrogen and oxygen atoms in total. The van der Waals surface area contributed by atoms with Crippen molar-refractivity contribution in [3.05, 3.63) is 52.1 Å². The van der Waals surface area contributed by atoms with Gasteiger partial charge in [-0.2, -0.15) is 5.10 Å². The molecule has 0 unspecified atom stereocenters. The fourth-order valence-corrected chi connectivity index (χ4v) is 1.76. The molecule has 0 saturated carbocycles. The number of hydrogen-bond donors (Lipinski definition) is 2. The van der Waals surface area contributed by atoms with Crippen LogP contribution in [0.5, 0.6) is 0 Å². The molecule has 0 saturated heterocycles. The van der Waals surface area contributed by atoms with E-state index in [1.54, 1.807) is 6.92 Å². The number of nitrogens with two attached hydrogens (primary N) is 1. The lowest BCUT2D eigenvalue weighted by molar-refractivity contribution is 0.0951. The summed E-state index contributed by atoms with van der Waals surface area (Å²) in [5.74, 6) is 3.99. The van der Waals surface area contributed by atoms with E-state index in [1.165, 1.54) is 30.3 Å². The van der Waals surface area contributed by atoms with Crippen LogP contribution in [0.4, 0.5) is 4.39 Å². The topological polar surface area (TPSA) is 90.0 Å². The van der Waals surface area contributed by atoms with Crippen molar-refractivity contribution in [2.45, 2.75) is 13.5 Å². The summed E-state index contributed by atoms with van der Waals surface area (Å²) in [7, 11) is 0. The Hall–Kier alpha value is -2.54. The number of hydrogen-bond acceptors (Lipinski definition) is 4. The zero-order valence-corrected chi connectivity index (χ0v) is 10.8. The summed E-state index contributed by atoms with van der Waals surface area (Å²) in [6.07, 6.45) is 0. The maximum atomic E-state index is 12.9. The van der Waals surface area contributed by atoms with Crippen LogP contribution in [-0.4, -0.2) is 15.7 Å². The molecule has 0 spiro atoms. The SMILES string of the molecule is CCn1nc(-c2ccc(F)cc2)cc(C(=O)NN)c1=O. The maximum absolute atomic E-state index is 12.9. The zero-order chi connectivity index (χ0) is 14.7. The van der Waals surface area contributed by atoms with Gasteiger partial charge in [0.1, 0.15) is 11.4 Å². The Bertz CT molecular complexity index is 695. The molecule has 0 bridgehead atoms. The van der Waals surface area contributed by atoms with Crippen molar-refractivity contribution in [1.29, 1.82) is 0 Å². The number of nitrogens with zero attached hydrogens (tertiary/aromatic N) is 2. The Morgan fingerprint density at radius 2 is 2.05 bits per heavy atom. The minimum atomic E-state index is -0.692. The first-order valence-electron chi connectivity index (χ1n) is 5.96. The van der Waals surface area contributed by atoms with E-state index in [2.05, 4.69) is 5.10 Å². The van der Waals surface area contributed by atoms with E-state index in [0.29, 0.717) is 17.8 Å². The van der Waals surface area contributed by atoms with Crippen molar-refractivity contribution in [2.24, 2.45) is 5.84 Å². The highest BCUT2D eigenvalue weighted by Crippen LogP contribution is 2.17. The van der Waals surface area contributed by atoms with Crippen LogP contribution in [0.1, 0.15) is 17.3 Å². The number of aryl methyl sites for hydroxylation is 1. The van der Waals surface area contributed by atoms with Crippen LogP contribution in [-0.2, 0) is 6.54 Å². The van der Waals surface area contributed by atoms with Gasteiger partial charge in [-0.05, 0) is 37.3 Å². The molecule has 0 aliphatic carbocycles. The van der Waals surface area contributed by atoms with Gasteiger partial charge >= 0.3 is 0 Å². The molecule has 1 aromatic heterocycles. The van der Waals surface area contributed by atoms with Crippen LogP contribution in [0, 0.1) is 5.82 Å². The Morgan fingerprint density at radius 3 is 2.60 bits per heavy atom. The summed E-state index contributed by atoms with van der Waals surface area (Å²) < 4.78 is 14.1. The predicted molar refractivity (Wildman–Crippen MR) is 71.2 cm³/mol. The highest BCUT2D eigenvalue weighted by molar-refractivity contribution is 5.94. The van der Waals surface area contributed by atoms with Gasteiger partial charge < -0.3 is 0 Å². The lowest BCUT2D eigenvalue weighted by Gasteiger charge is -2.08. The molecule has 1 heterocycles. The van der Waals surface area contributed by atoms with Gasteiger partial charge in [-0.15, -0.1) is 0 Å². The molecule has 0 atom stereocenters. The number of benzene rings is 1. The van der Waals surface area contributed by atoms with Crippen molar-refractivity contribution in [1.82, 2.24) is 15.2 Å². The average molecular weight is 276 g/mol. The summed E-state index contributed by atoms with van der Waals surface area (Å²) in [5.41, 5.74) is 2.28. The Kier molecular flexibility index (Phi) is 3.90. The number of rotatable bonds is 3. The molecule has 0 aliphatic rings. The summed E-state index contributed by atoms with van der Waals surface area (Å²) in [6.45, 7) is 2.03. The first-order valence-corrected chi connectivity index (χ1v) is 5.96. The normalized spacial score (nSPS) is 10.3. The molecule has 0 aliphatic heterocycles. The molecule has 20 heavy (non-hydrogen) atoms. The number of aromatic nitrogens is 2. The van der Waals surface area contributed by atoms with E-state index in [-0.39, 0.29) is 11.4 Å². The fraction of sp³-hybridized carbons (Fsp3) is 0.154. The van der Waals surface area contributed by atoms with E-state index in [4.69, 9.17) is 5.84 Å². The number of amides is 1. The second kappa shape index (κ2) is 5.62. The van der Waals surface area contributed by atoms with Gasteiger partial charge in [0, 0.05) is 12.1 Å². The van der Waals surface area contributed by atoms with Crippen LogP contribution in [0.15, 0.2) is 35.1 Å². The molecule has 2 aromatic rings. The second-order valence-electron chi connectivity index (χ2n) is 4.04. The summed E-state index contributed by atoms with van der Waals surface area (Å²) in [5, 5.41) is 4.13. The molecule has 0 radical (unpaired) electrons. The monoisotopic (exact) mass is 276 g/mol. The lowest BCUT2D eigenvalue weighted by Crippen LogP contribution is -2.37. The van der Waals surface area contributed by atoms with Crippen molar-refractivity contribution < 1.29 is 9.18 Å². The maximum Gasteiger partial charge on any atom is 0.279 e. The summed E-state index contributed by atoms with van der Waals surface area (Å²) >= 11 is 0. The zero-order valence-electron chi connectivity index (χ0n) is 10.8. The third-order valence-corrected chi connectivity index (χ3v) is 2.79. The van der Waals surface area contributed by atoms with Gasteiger partial charge in [0.05, 0.1) is 5.69 Å². The van der Waals surface area contributed by atoms with Gasteiger partial charge in [0.25, 0.3) is 11.5 Å². The van der Waals surface area contributed by atoms with Crippen molar-refractivity contribution >= 4 is 5.91 Å². The van der Waals surface area contributed by atoms with Crippen LogP contribution in [0.2, 0.25) is 0 Å². The number of hydrazine groups is 1. The van der Waals surface area contributed by atoms with Gasteiger partial charge in [0.2, 0.25) is 0 Å². The van der Waals surface area contributed by atoms with E-state index in [0.717, 1.165) is 4.68 Å². The number of carbonyl (C=O) groups is 1. The third kappa shape index (κ3) is 2.57. The lowest BCUT2D eigenvalue weighted by atomic mass is 10.1.